The molecule has 7 nitrogen and oxygen atoms in total. The molecule has 2 aromatic carbocycles. The highest BCUT2D eigenvalue weighted by molar-refractivity contribution is 5.79. The number of hydrogen-bond acceptors (Lipinski definition) is 4. The number of nitrogens with one attached hydrogen (secondary N) is 2. The lowest BCUT2D eigenvalue weighted by Gasteiger charge is -2.13. The highest BCUT2D eigenvalue weighted by Gasteiger charge is 2.01. The molecular formula is C21H28N4O3. The van der Waals surface area contributed by atoms with E-state index in [-0.39, 0.29) is 6.61 Å². The van der Waals surface area contributed by atoms with Gasteiger partial charge in [-0.05, 0) is 43.2 Å². The molecule has 0 unspecified atom stereocenters. The van der Waals surface area contributed by atoms with Gasteiger partial charge in [0.25, 0.3) is 5.91 Å². The van der Waals surface area contributed by atoms with Gasteiger partial charge in [-0.15, -0.1) is 0 Å². The van der Waals surface area contributed by atoms with Crippen molar-refractivity contribution in [3.8, 4) is 11.5 Å². The van der Waals surface area contributed by atoms with E-state index in [4.69, 9.17) is 15.2 Å². The number of nitrogens with two attached hydrogens (primary N) is 1. The Hall–Kier alpha value is -3.22. The molecule has 0 saturated carbocycles. The fraction of sp³-hybridized carbons (Fsp3) is 0.333. The van der Waals surface area contributed by atoms with Crippen molar-refractivity contribution in [3.63, 3.8) is 0 Å². The number of benzene rings is 2. The minimum Gasteiger partial charge on any atom is -0.492 e. The van der Waals surface area contributed by atoms with Crippen molar-refractivity contribution in [2.45, 2.75) is 13.3 Å². The lowest BCUT2D eigenvalue weighted by Crippen LogP contribution is -2.40. The molecule has 2 rings (SSSR count). The highest BCUT2D eigenvalue weighted by atomic mass is 16.5. The second-order valence-electron chi connectivity index (χ2n) is 6.24. The maximum atomic E-state index is 10.7. The predicted molar refractivity (Wildman–Crippen MR) is 111 cm³/mol. The first-order valence-corrected chi connectivity index (χ1v) is 9.21. The molecule has 0 aromatic heterocycles. The summed E-state index contributed by atoms with van der Waals surface area (Å²) in [6.45, 7) is 3.87. The van der Waals surface area contributed by atoms with E-state index in [1.54, 1.807) is 7.05 Å². The number of nitrogens with zero attached hydrogens (tertiary/aromatic N) is 1. The molecule has 2 aromatic rings. The van der Waals surface area contributed by atoms with Gasteiger partial charge in [0, 0.05) is 13.6 Å². The van der Waals surface area contributed by atoms with E-state index >= 15 is 0 Å². The van der Waals surface area contributed by atoms with Gasteiger partial charge in [0.15, 0.2) is 12.6 Å². The summed E-state index contributed by atoms with van der Waals surface area (Å²) >= 11 is 0. The second-order valence-corrected chi connectivity index (χ2v) is 6.24. The summed E-state index contributed by atoms with van der Waals surface area (Å²) in [4.78, 5) is 14.9. The van der Waals surface area contributed by atoms with Gasteiger partial charge >= 0.3 is 0 Å². The molecule has 4 N–H and O–H groups in total. The van der Waals surface area contributed by atoms with Crippen LogP contribution in [-0.4, -0.2) is 45.2 Å². The Bertz CT molecular complexity index is 758. The van der Waals surface area contributed by atoms with Crippen molar-refractivity contribution < 1.29 is 14.3 Å². The maximum absolute atomic E-state index is 10.7. The summed E-state index contributed by atoms with van der Waals surface area (Å²) in [6.07, 6.45) is 0.830. The molecule has 0 radical (unpaired) electrons. The van der Waals surface area contributed by atoms with Crippen LogP contribution in [0.3, 0.4) is 0 Å². The molecular weight excluding hydrogens is 356 g/mol. The van der Waals surface area contributed by atoms with Crippen molar-refractivity contribution in [3.05, 3.63) is 59.7 Å². The van der Waals surface area contributed by atoms with Crippen LogP contribution in [0.25, 0.3) is 0 Å². The normalized spacial score (nSPS) is 11.0. The Kier molecular flexibility index (Phi) is 8.65. The van der Waals surface area contributed by atoms with E-state index in [0.29, 0.717) is 18.9 Å². The van der Waals surface area contributed by atoms with Gasteiger partial charge in [0.1, 0.15) is 18.1 Å². The third-order valence-corrected chi connectivity index (χ3v) is 3.92. The summed E-state index contributed by atoms with van der Waals surface area (Å²) in [5.74, 6) is 1.73. The van der Waals surface area contributed by atoms with E-state index in [2.05, 4.69) is 15.6 Å². The van der Waals surface area contributed by atoms with E-state index in [9.17, 15) is 4.79 Å². The minimum absolute atomic E-state index is 0.115. The first-order chi connectivity index (χ1) is 13.6. The Labute approximate surface area is 165 Å². The van der Waals surface area contributed by atoms with Crippen LogP contribution in [0.15, 0.2) is 53.5 Å². The molecule has 0 saturated heterocycles. The largest absolute Gasteiger partial charge is 0.492 e. The van der Waals surface area contributed by atoms with Crippen molar-refractivity contribution in [2.24, 2.45) is 10.7 Å². The van der Waals surface area contributed by atoms with Crippen LogP contribution in [0.4, 0.5) is 0 Å². The summed E-state index contributed by atoms with van der Waals surface area (Å²) in [7, 11) is 1.74. The number of guanidine groups is 1. The number of ether oxygens (including phenoxy) is 2. The Morgan fingerprint density at radius 3 is 2.21 bits per heavy atom. The molecule has 0 aliphatic carbocycles. The third-order valence-electron chi connectivity index (χ3n) is 3.92. The molecule has 0 aliphatic heterocycles. The summed E-state index contributed by atoms with van der Waals surface area (Å²) in [5, 5.41) is 6.49. The molecule has 0 atom stereocenters. The standard InChI is InChI=1S/C21H28N4O3/c1-16-3-7-18(8-4-16)27-14-13-25-21(23-2)24-12-11-17-5-9-19(10-6-17)28-15-20(22)26/h3-10H,11-15H2,1-2H3,(H2,22,26)(H2,23,24,25). The zero-order chi connectivity index (χ0) is 20.2. The average Bonchev–Trinajstić information content (AvgIpc) is 2.70. The smallest absolute Gasteiger partial charge is 0.255 e. The van der Waals surface area contributed by atoms with E-state index in [1.807, 2.05) is 55.5 Å². The molecule has 0 fully saturated rings. The summed E-state index contributed by atoms with van der Waals surface area (Å²) < 4.78 is 10.9. The Morgan fingerprint density at radius 1 is 0.964 bits per heavy atom. The van der Waals surface area contributed by atoms with Crippen LogP contribution in [0.5, 0.6) is 11.5 Å². The van der Waals surface area contributed by atoms with Crippen LogP contribution >= 0.6 is 0 Å². The third kappa shape index (κ3) is 7.99. The van der Waals surface area contributed by atoms with Crippen LogP contribution in [0.1, 0.15) is 11.1 Å². The number of primary amides is 1. The maximum Gasteiger partial charge on any atom is 0.255 e. The molecule has 0 heterocycles. The van der Waals surface area contributed by atoms with E-state index in [0.717, 1.165) is 30.2 Å². The van der Waals surface area contributed by atoms with Gasteiger partial charge in [0.2, 0.25) is 0 Å². The van der Waals surface area contributed by atoms with Crippen LogP contribution in [0.2, 0.25) is 0 Å². The number of aliphatic imine (C=N–C) groups is 1. The number of aryl methyl sites for hydroxylation is 1. The first-order valence-electron chi connectivity index (χ1n) is 9.21. The lowest BCUT2D eigenvalue weighted by atomic mass is 10.1. The number of carbonyl (C=O) groups excluding carboxylic acids is 1. The number of amides is 1. The quantitative estimate of drug-likeness (QED) is 0.329. The second kappa shape index (κ2) is 11.5. The Balaban J connectivity index is 1.63. The van der Waals surface area contributed by atoms with Gasteiger partial charge in [-0.25, -0.2) is 0 Å². The van der Waals surface area contributed by atoms with Crippen molar-refractivity contribution in [1.82, 2.24) is 10.6 Å². The van der Waals surface area contributed by atoms with Crippen LogP contribution in [0, 0.1) is 6.92 Å². The van der Waals surface area contributed by atoms with E-state index < -0.39 is 5.91 Å². The zero-order valence-electron chi connectivity index (χ0n) is 16.4. The van der Waals surface area contributed by atoms with Crippen molar-refractivity contribution in [2.75, 3.05) is 33.4 Å². The molecule has 0 aliphatic rings. The Morgan fingerprint density at radius 2 is 1.57 bits per heavy atom. The molecule has 150 valence electrons. The molecule has 7 heteroatoms. The summed E-state index contributed by atoms with van der Waals surface area (Å²) in [6, 6.07) is 15.6. The van der Waals surface area contributed by atoms with Crippen LogP contribution < -0.4 is 25.8 Å². The van der Waals surface area contributed by atoms with Crippen molar-refractivity contribution >= 4 is 11.9 Å². The SMILES string of the molecule is CN=C(NCCOc1ccc(C)cc1)NCCc1ccc(OCC(N)=O)cc1. The van der Waals surface area contributed by atoms with Crippen LogP contribution in [-0.2, 0) is 11.2 Å². The molecule has 0 bridgehead atoms. The zero-order valence-corrected chi connectivity index (χ0v) is 16.4. The first kappa shape index (κ1) is 21.1. The highest BCUT2D eigenvalue weighted by Crippen LogP contribution is 2.12. The number of carbonyl (C=O) groups is 1. The fourth-order valence-corrected chi connectivity index (χ4v) is 2.43. The molecule has 1 amide bonds. The topological polar surface area (TPSA) is 98.0 Å². The fourth-order valence-electron chi connectivity index (χ4n) is 2.43. The van der Waals surface area contributed by atoms with Gasteiger partial charge in [-0.1, -0.05) is 29.8 Å². The predicted octanol–water partition coefficient (Wildman–Crippen LogP) is 1.65. The average molecular weight is 384 g/mol. The van der Waals surface area contributed by atoms with E-state index in [1.165, 1.54) is 5.56 Å². The number of hydrogen-bond donors (Lipinski definition) is 3. The van der Waals surface area contributed by atoms with Gasteiger partial charge < -0.3 is 25.8 Å². The van der Waals surface area contributed by atoms with Gasteiger partial charge in [-0.3, -0.25) is 9.79 Å². The van der Waals surface area contributed by atoms with Crippen molar-refractivity contribution in [1.29, 1.82) is 0 Å². The monoisotopic (exact) mass is 384 g/mol. The van der Waals surface area contributed by atoms with Gasteiger partial charge in [0.05, 0.1) is 6.54 Å². The molecule has 28 heavy (non-hydrogen) atoms. The van der Waals surface area contributed by atoms with Gasteiger partial charge in [-0.2, -0.15) is 0 Å². The minimum atomic E-state index is -0.489. The molecule has 0 spiro atoms. The number of rotatable bonds is 10. The summed E-state index contributed by atoms with van der Waals surface area (Å²) in [5.41, 5.74) is 7.42. The lowest BCUT2D eigenvalue weighted by molar-refractivity contribution is -0.119.